The van der Waals surface area contributed by atoms with E-state index in [0.717, 1.165) is 10.9 Å². The SMILES string of the molecule is CC(CC(=O)O)Sc1ncc2ccccc2n1. The van der Waals surface area contributed by atoms with Gasteiger partial charge in [0.25, 0.3) is 0 Å². The van der Waals surface area contributed by atoms with Gasteiger partial charge in [0.1, 0.15) is 0 Å². The second-order valence-electron chi connectivity index (χ2n) is 3.74. The summed E-state index contributed by atoms with van der Waals surface area (Å²) in [5.41, 5.74) is 0.882. The number of hydrogen-bond donors (Lipinski definition) is 1. The molecule has 0 bridgehead atoms. The van der Waals surface area contributed by atoms with E-state index in [-0.39, 0.29) is 11.7 Å². The van der Waals surface area contributed by atoms with E-state index in [1.54, 1.807) is 6.20 Å². The van der Waals surface area contributed by atoms with Crippen molar-refractivity contribution in [3.8, 4) is 0 Å². The Kier molecular flexibility index (Phi) is 3.58. The Morgan fingerprint density at radius 1 is 1.47 bits per heavy atom. The van der Waals surface area contributed by atoms with Crippen LogP contribution in [0.15, 0.2) is 35.6 Å². The maximum absolute atomic E-state index is 10.6. The van der Waals surface area contributed by atoms with E-state index in [1.165, 1.54) is 11.8 Å². The first kappa shape index (κ1) is 11.9. The molecule has 1 unspecified atom stereocenters. The average molecular weight is 248 g/mol. The summed E-state index contributed by atoms with van der Waals surface area (Å²) in [6, 6.07) is 7.73. The number of aliphatic carboxylic acids is 1. The molecular weight excluding hydrogens is 236 g/mol. The summed E-state index contributed by atoms with van der Waals surface area (Å²) >= 11 is 1.38. The first-order valence-corrected chi connectivity index (χ1v) is 6.13. The molecular formula is C12H12N2O2S. The molecule has 1 aromatic heterocycles. The molecule has 0 aliphatic rings. The van der Waals surface area contributed by atoms with E-state index in [4.69, 9.17) is 5.11 Å². The van der Waals surface area contributed by atoms with Gasteiger partial charge in [0.05, 0.1) is 11.9 Å². The second kappa shape index (κ2) is 5.14. The molecule has 1 N–H and O–H groups in total. The van der Waals surface area contributed by atoms with Crippen LogP contribution in [-0.4, -0.2) is 26.3 Å². The topological polar surface area (TPSA) is 63.1 Å². The van der Waals surface area contributed by atoms with E-state index in [9.17, 15) is 4.79 Å². The smallest absolute Gasteiger partial charge is 0.304 e. The van der Waals surface area contributed by atoms with Crippen molar-refractivity contribution >= 4 is 28.6 Å². The van der Waals surface area contributed by atoms with E-state index < -0.39 is 5.97 Å². The summed E-state index contributed by atoms with van der Waals surface area (Å²) in [5.74, 6) is -0.800. The maximum atomic E-state index is 10.6. The van der Waals surface area contributed by atoms with Crippen LogP contribution in [0.3, 0.4) is 0 Å². The Bertz CT molecular complexity index is 545. The molecule has 1 heterocycles. The van der Waals surface area contributed by atoms with E-state index >= 15 is 0 Å². The number of carbonyl (C=O) groups is 1. The quantitative estimate of drug-likeness (QED) is 0.665. The van der Waals surface area contributed by atoms with Gasteiger partial charge in [-0.15, -0.1) is 0 Å². The largest absolute Gasteiger partial charge is 0.481 e. The first-order valence-electron chi connectivity index (χ1n) is 5.25. The van der Waals surface area contributed by atoms with Crippen molar-refractivity contribution in [1.29, 1.82) is 0 Å². The van der Waals surface area contributed by atoms with Gasteiger partial charge in [-0.3, -0.25) is 4.79 Å². The Labute approximate surface area is 103 Å². The van der Waals surface area contributed by atoms with Crippen LogP contribution in [-0.2, 0) is 4.79 Å². The molecule has 0 spiro atoms. The predicted molar refractivity (Wildman–Crippen MR) is 67.1 cm³/mol. The number of carboxylic acid groups (broad SMARTS) is 1. The monoisotopic (exact) mass is 248 g/mol. The summed E-state index contributed by atoms with van der Waals surface area (Å²) in [6.45, 7) is 1.86. The van der Waals surface area contributed by atoms with Gasteiger partial charge >= 0.3 is 5.97 Å². The lowest BCUT2D eigenvalue weighted by molar-refractivity contribution is -0.136. The van der Waals surface area contributed by atoms with Crippen molar-refractivity contribution in [2.45, 2.75) is 23.8 Å². The average Bonchev–Trinajstić information content (AvgIpc) is 2.27. The minimum atomic E-state index is -0.800. The lowest BCUT2D eigenvalue weighted by atomic mass is 10.2. The number of benzene rings is 1. The molecule has 0 aliphatic heterocycles. The Hall–Kier alpha value is -1.62. The molecule has 2 aromatic rings. The fourth-order valence-corrected chi connectivity index (χ4v) is 2.33. The number of aromatic nitrogens is 2. The molecule has 1 atom stereocenters. The van der Waals surface area contributed by atoms with Gasteiger partial charge < -0.3 is 5.11 Å². The zero-order chi connectivity index (χ0) is 12.3. The van der Waals surface area contributed by atoms with Crippen molar-refractivity contribution in [3.63, 3.8) is 0 Å². The number of nitrogens with zero attached hydrogens (tertiary/aromatic N) is 2. The van der Waals surface area contributed by atoms with Crippen molar-refractivity contribution in [2.24, 2.45) is 0 Å². The van der Waals surface area contributed by atoms with Crippen molar-refractivity contribution in [1.82, 2.24) is 9.97 Å². The summed E-state index contributed by atoms with van der Waals surface area (Å²) in [6.07, 6.45) is 1.87. The van der Waals surface area contributed by atoms with Crippen LogP contribution < -0.4 is 0 Å². The van der Waals surface area contributed by atoms with Crippen LogP contribution in [0.2, 0.25) is 0 Å². The molecule has 0 amide bonds. The molecule has 0 radical (unpaired) electrons. The standard InChI is InChI=1S/C12H12N2O2S/c1-8(6-11(15)16)17-12-13-7-9-4-2-3-5-10(9)14-12/h2-5,7-8H,6H2,1H3,(H,15,16). The van der Waals surface area contributed by atoms with Gasteiger partial charge in [0.15, 0.2) is 5.16 Å². The van der Waals surface area contributed by atoms with Gasteiger partial charge in [0, 0.05) is 16.8 Å². The van der Waals surface area contributed by atoms with Crippen molar-refractivity contribution in [2.75, 3.05) is 0 Å². The highest BCUT2D eigenvalue weighted by atomic mass is 32.2. The fourth-order valence-electron chi connectivity index (χ4n) is 1.48. The zero-order valence-corrected chi connectivity index (χ0v) is 10.1. The second-order valence-corrected chi connectivity index (χ2v) is 5.14. The van der Waals surface area contributed by atoms with Gasteiger partial charge in [-0.25, -0.2) is 9.97 Å². The summed E-state index contributed by atoms with van der Waals surface area (Å²) < 4.78 is 0. The molecule has 17 heavy (non-hydrogen) atoms. The van der Waals surface area contributed by atoms with Crippen LogP contribution in [0.25, 0.3) is 10.9 Å². The van der Waals surface area contributed by atoms with Gasteiger partial charge in [-0.1, -0.05) is 36.9 Å². The third-order valence-electron chi connectivity index (χ3n) is 2.24. The molecule has 2 rings (SSSR count). The lowest BCUT2D eigenvalue weighted by Crippen LogP contribution is -2.06. The summed E-state index contributed by atoms with van der Waals surface area (Å²) in [5, 5.41) is 10.3. The van der Waals surface area contributed by atoms with E-state index in [2.05, 4.69) is 9.97 Å². The molecule has 0 aliphatic carbocycles. The Balaban J connectivity index is 2.16. The molecule has 0 saturated carbocycles. The number of rotatable bonds is 4. The number of thioether (sulfide) groups is 1. The third-order valence-corrected chi connectivity index (χ3v) is 3.21. The minimum absolute atomic E-state index is 0.0336. The molecule has 0 saturated heterocycles. The Morgan fingerprint density at radius 2 is 2.24 bits per heavy atom. The Morgan fingerprint density at radius 3 is 3.00 bits per heavy atom. The lowest BCUT2D eigenvalue weighted by Gasteiger charge is -2.07. The predicted octanol–water partition coefficient (Wildman–Crippen LogP) is 2.59. The molecule has 0 fully saturated rings. The van der Waals surface area contributed by atoms with Gasteiger partial charge in [0.2, 0.25) is 0 Å². The summed E-state index contributed by atoms with van der Waals surface area (Å²) in [7, 11) is 0. The molecule has 88 valence electrons. The fraction of sp³-hybridized carbons (Fsp3) is 0.250. The first-order chi connectivity index (χ1) is 8.15. The zero-order valence-electron chi connectivity index (χ0n) is 9.33. The minimum Gasteiger partial charge on any atom is -0.481 e. The highest BCUT2D eigenvalue weighted by Crippen LogP contribution is 2.23. The number of para-hydroxylation sites is 1. The highest BCUT2D eigenvalue weighted by molar-refractivity contribution is 7.99. The van der Waals surface area contributed by atoms with Crippen LogP contribution in [0.1, 0.15) is 13.3 Å². The maximum Gasteiger partial charge on any atom is 0.304 e. The van der Waals surface area contributed by atoms with Gasteiger partial charge in [-0.05, 0) is 6.07 Å². The van der Waals surface area contributed by atoms with Crippen LogP contribution >= 0.6 is 11.8 Å². The van der Waals surface area contributed by atoms with Gasteiger partial charge in [-0.2, -0.15) is 0 Å². The van der Waals surface area contributed by atoms with E-state index in [0.29, 0.717) is 5.16 Å². The number of fused-ring (bicyclic) bond motifs is 1. The van der Waals surface area contributed by atoms with Crippen LogP contribution in [0.5, 0.6) is 0 Å². The highest BCUT2D eigenvalue weighted by Gasteiger charge is 2.11. The third kappa shape index (κ3) is 3.17. The molecule has 1 aromatic carbocycles. The van der Waals surface area contributed by atoms with Crippen LogP contribution in [0, 0.1) is 0 Å². The molecule has 5 heteroatoms. The number of hydrogen-bond acceptors (Lipinski definition) is 4. The number of carboxylic acids is 1. The molecule has 4 nitrogen and oxygen atoms in total. The van der Waals surface area contributed by atoms with Crippen molar-refractivity contribution < 1.29 is 9.90 Å². The summed E-state index contributed by atoms with van der Waals surface area (Å²) in [4.78, 5) is 19.2. The van der Waals surface area contributed by atoms with E-state index in [1.807, 2.05) is 31.2 Å². The van der Waals surface area contributed by atoms with Crippen molar-refractivity contribution in [3.05, 3.63) is 30.5 Å². The normalized spacial score (nSPS) is 12.5. The van der Waals surface area contributed by atoms with Crippen LogP contribution in [0.4, 0.5) is 0 Å².